The summed E-state index contributed by atoms with van der Waals surface area (Å²) in [6.07, 6.45) is 6.86. The summed E-state index contributed by atoms with van der Waals surface area (Å²) in [5.41, 5.74) is 7.56. The fourth-order valence-corrected chi connectivity index (χ4v) is 4.05. The lowest BCUT2D eigenvalue weighted by atomic mass is 10.1. The van der Waals surface area contributed by atoms with Gasteiger partial charge in [-0.25, -0.2) is 0 Å². The lowest BCUT2D eigenvalue weighted by Gasteiger charge is -2.10. The van der Waals surface area contributed by atoms with Crippen molar-refractivity contribution in [3.05, 3.63) is 29.6 Å². The van der Waals surface area contributed by atoms with Crippen molar-refractivity contribution in [3.63, 3.8) is 0 Å². The Hall–Kier alpha value is -0.740. The van der Waals surface area contributed by atoms with E-state index in [4.69, 9.17) is 5.73 Å². The minimum atomic E-state index is -0.768. The van der Waals surface area contributed by atoms with E-state index in [-0.39, 0.29) is 0 Å². The van der Waals surface area contributed by atoms with Crippen molar-refractivity contribution >= 4 is 10.8 Å². The average Bonchev–Trinajstić information content (AvgIpc) is 2.82. The van der Waals surface area contributed by atoms with Gasteiger partial charge in [0.2, 0.25) is 0 Å². The van der Waals surface area contributed by atoms with Crippen molar-refractivity contribution in [2.45, 2.75) is 38.0 Å². The van der Waals surface area contributed by atoms with Gasteiger partial charge in [0.1, 0.15) is 0 Å². The third kappa shape index (κ3) is 3.61. The van der Waals surface area contributed by atoms with Crippen LogP contribution in [0.25, 0.3) is 0 Å². The summed E-state index contributed by atoms with van der Waals surface area (Å²) in [4.78, 5) is 4.22. The van der Waals surface area contributed by atoms with Gasteiger partial charge in [-0.15, -0.1) is 0 Å². The minimum absolute atomic E-state index is 0.427. The van der Waals surface area contributed by atoms with Crippen molar-refractivity contribution in [1.82, 2.24) is 4.98 Å². The van der Waals surface area contributed by atoms with E-state index in [2.05, 4.69) is 4.98 Å². The second-order valence-electron chi connectivity index (χ2n) is 4.71. The number of hydrogen-bond donors (Lipinski definition) is 1. The Labute approximate surface area is 105 Å². The molecule has 0 radical (unpaired) electrons. The van der Waals surface area contributed by atoms with E-state index in [1.54, 1.807) is 6.20 Å². The summed E-state index contributed by atoms with van der Waals surface area (Å²) in [6.45, 7) is 0.427. The molecule has 1 fully saturated rings. The van der Waals surface area contributed by atoms with Crippen LogP contribution in [0.4, 0.5) is 0 Å². The Bertz CT molecular complexity index is 389. The standard InChI is InChI=1S/C13H20N2OS/c14-8-13-12(6-3-7-15-13)10-17(16)9-11-4-1-2-5-11/h3,6-7,11H,1-2,4-5,8-10,14H2. The summed E-state index contributed by atoms with van der Waals surface area (Å²) in [5.74, 6) is 2.13. The predicted octanol–water partition coefficient (Wildman–Crippen LogP) is 1.98. The van der Waals surface area contributed by atoms with Crippen molar-refractivity contribution in [3.8, 4) is 0 Å². The van der Waals surface area contributed by atoms with E-state index in [1.165, 1.54) is 25.7 Å². The fraction of sp³-hybridized carbons (Fsp3) is 0.615. The molecule has 1 atom stereocenters. The Morgan fingerprint density at radius 2 is 2.18 bits per heavy atom. The fourth-order valence-electron chi connectivity index (χ4n) is 2.46. The van der Waals surface area contributed by atoms with Crippen molar-refractivity contribution in [2.24, 2.45) is 11.7 Å². The first-order valence-electron chi connectivity index (χ1n) is 6.27. The van der Waals surface area contributed by atoms with Gasteiger partial charge in [0, 0.05) is 29.3 Å². The second kappa shape index (κ2) is 6.26. The van der Waals surface area contributed by atoms with Gasteiger partial charge >= 0.3 is 0 Å². The molecule has 94 valence electrons. The van der Waals surface area contributed by atoms with E-state index in [0.29, 0.717) is 18.2 Å². The zero-order chi connectivity index (χ0) is 12.1. The van der Waals surface area contributed by atoms with Crippen molar-refractivity contribution in [1.29, 1.82) is 0 Å². The molecular weight excluding hydrogens is 232 g/mol. The summed E-state index contributed by atoms with van der Waals surface area (Å²) in [5, 5.41) is 0. The van der Waals surface area contributed by atoms with Crippen LogP contribution in [0.1, 0.15) is 36.9 Å². The first-order valence-corrected chi connectivity index (χ1v) is 7.76. The van der Waals surface area contributed by atoms with Crippen LogP contribution in [0.3, 0.4) is 0 Å². The van der Waals surface area contributed by atoms with Gasteiger partial charge in [-0.2, -0.15) is 0 Å². The molecule has 1 aliphatic carbocycles. The first-order chi connectivity index (χ1) is 8.29. The van der Waals surface area contributed by atoms with Gasteiger partial charge in [0.25, 0.3) is 0 Å². The molecule has 17 heavy (non-hydrogen) atoms. The lowest BCUT2D eigenvalue weighted by molar-refractivity contribution is 0.604. The summed E-state index contributed by atoms with van der Waals surface area (Å²) in [6, 6.07) is 3.88. The third-order valence-electron chi connectivity index (χ3n) is 3.39. The molecule has 1 aromatic heterocycles. The highest BCUT2D eigenvalue weighted by Gasteiger charge is 2.18. The molecule has 0 spiro atoms. The monoisotopic (exact) mass is 252 g/mol. The second-order valence-corrected chi connectivity index (χ2v) is 6.22. The van der Waals surface area contributed by atoms with Crippen LogP contribution < -0.4 is 5.73 Å². The van der Waals surface area contributed by atoms with Gasteiger partial charge in [-0.05, 0) is 30.4 Å². The van der Waals surface area contributed by atoms with Gasteiger partial charge < -0.3 is 5.73 Å². The van der Waals surface area contributed by atoms with Gasteiger partial charge in [-0.1, -0.05) is 18.9 Å². The average molecular weight is 252 g/mol. The highest BCUT2D eigenvalue weighted by Crippen LogP contribution is 2.26. The number of nitrogens with zero attached hydrogens (tertiary/aromatic N) is 1. The largest absolute Gasteiger partial charge is 0.325 e. The summed E-state index contributed by atoms with van der Waals surface area (Å²) in [7, 11) is -0.768. The molecule has 0 amide bonds. The van der Waals surface area contributed by atoms with E-state index >= 15 is 0 Å². The molecule has 1 aromatic rings. The van der Waals surface area contributed by atoms with Gasteiger partial charge in [-0.3, -0.25) is 9.19 Å². The van der Waals surface area contributed by atoms with Crippen LogP contribution >= 0.6 is 0 Å². The molecular formula is C13H20N2OS. The first kappa shape index (κ1) is 12.7. The van der Waals surface area contributed by atoms with Crippen LogP contribution in [-0.2, 0) is 23.1 Å². The zero-order valence-corrected chi connectivity index (χ0v) is 10.9. The van der Waals surface area contributed by atoms with Gasteiger partial charge in [0.15, 0.2) is 0 Å². The number of rotatable bonds is 5. The number of hydrogen-bond acceptors (Lipinski definition) is 3. The SMILES string of the molecule is NCc1ncccc1CS(=O)CC1CCCC1. The molecule has 1 heterocycles. The maximum Gasteiger partial charge on any atom is 0.0580 e. The highest BCUT2D eigenvalue weighted by molar-refractivity contribution is 7.84. The van der Waals surface area contributed by atoms with Crippen LogP contribution in [0.2, 0.25) is 0 Å². The molecule has 2 N–H and O–H groups in total. The lowest BCUT2D eigenvalue weighted by Crippen LogP contribution is -2.12. The smallest absolute Gasteiger partial charge is 0.0580 e. The topological polar surface area (TPSA) is 56.0 Å². The normalized spacial score (nSPS) is 18.4. The molecule has 1 aliphatic rings. The maximum absolute atomic E-state index is 12.1. The molecule has 0 bridgehead atoms. The van der Waals surface area contributed by atoms with E-state index in [1.807, 2.05) is 12.1 Å². The molecule has 2 rings (SSSR count). The molecule has 0 aliphatic heterocycles. The highest BCUT2D eigenvalue weighted by atomic mass is 32.2. The Morgan fingerprint density at radius 3 is 2.88 bits per heavy atom. The van der Waals surface area contributed by atoms with Gasteiger partial charge in [0.05, 0.1) is 11.4 Å². The number of nitrogens with two attached hydrogens (primary N) is 1. The molecule has 3 nitrogen and oxygen atoms in total. The molecule has 1 unspecified atom stereocenters. The van der Waals surface area contributed by atoms with Crippen LogP contribution in [0.15, 0.2) is 18.3 Å². The molecule has 4 heteroatoms. The summed E-state index contributed by atoms with van der Waals surface area (Å²) < 4.78 is 12.1. The molecule has 0 saturated heterocycles. The zero-order valence-electron chi connectivity index (χ0n) is 10.1. The van der Waals surface area contributed by atoms with Crippen molar-refractivity contribution in [2.75, 3.05) is 5.75 Å². The summed E-state index contributed by atoms with van der Waals surface area (Å²) >= 11 is 0. The van der Waals surface area contributed by atoms with Crippen LogP contribution in [0.5, 0.6) is 0 Å². The quantitative estimate of drug-likeness (QED) is 0.871. The maximum atomic E-state index is 12.1. The predicted molar refractivity (Wildman–Crippen MR) is 70.8 cm³/mol. The minimum Gasteiger partial charge on any atom is -0.325 e. The Kier molecular flexibility index (Phi) is 4.68. The number of aromatic nitrogens is 1. The van der Waals surface area contributed by atoms with E-state index < -0.39 is 10.8 Å². The van der Waals surface area contributed by atoms with Crippen molar-refractivity contribution < 1.29 is 4.21 Å². The van der Waals surface area contributed by atoms with E-state index in [9.17, 15) is 4.21 Å². The molecule has 0 aromatic carbocycles. The Balaban J connectivity index is 1.92. The number of pyridine rings is 1. The van der Waals surface area contributed by atoms with Crippen LogP contribution in [-0.4, -0.2) is 14.9 Å². The van der Waals surface area contributed by atoms with Crippen LogP contribution in [0, 0.1) is 5.92 Å². The molecule has 1 saturated carbocycles. The Morgan fingerprint density at radius 1 is 1.41 bits per heavy atom. The third-order valence-corrected chi connectivity index (χ3v) is 4.87. The van der Waals surface area contributed by atoms with E-state index in [0.717, 1.165) is 17.0 Å².